The van der Waals surface area contributed by atoms with E-state index in [9.17, 15) is 9.59 Å². The lowest BCUT2D eigenvalue weighted by Crippen LogP contribution is -2.58. The first-order chi connectivity index (χ1) is 12.9. The highest BCUT2D eigenvalue weighted by Gasteiger charge is 2.35. The van der Waals surface area contributed by atoms with Gasteiger partial charge in [0.05, 0.1) is 0 Å². The average Bonchev–Trinajstić information content (AvgIpc) is 2.65. The molecule has 3 amide bonds. The molecule has 1 heterocycles. The molecular weight excluding hydrogens is 338 g/mol. The minimum Gasteiger partial charge on any atom is -0.311 e. The fourth-order valence-corrected chi connectivity index (χ4v) is 3.28. The summed E-state index contributed by atoms with van der Waals surface area (Å²) in [5, 5.41) is 2.88. The predicted octanol–water partition coefficient (Wildman–Crippen LogP) is 4.39. The van der Waals surface area contributed by atoms with Crippen molar-refractivity contribution in [3.63, 3.8) is 0 Å². The SMILES string of the molecule is Cc1ccc(NC(=O)N2CCN(c3ccc(C(C)C)cc3)C(=O)[C@@H]2C)cc1. The van der Waals surface area contributed by atoms with Crippen LogP contribution < -0.4 is 10.2 Å². The number of rotatable bonds is 3. The molecule has 2 aromatic carbocycles. The maximum atomic E-state index is 12.9. The third kappa shape index (κ3) is 4.13. The number of nitrogens with zero attached hydrogens (tertiary/aromatic N) is 2. The highest BCUT2D eigenvalue weighted by atomic mass is 16.2. The number of nitrogens with one attached hydrogen (secondary N) is 1. The van der Waals surface area contributed by atoms with Gasteiger partial charge in [0, 0.05) is 24.5 Å². The molecule has 1 atom stereocenters. The van der Waals surface area contributed by atoms with Crippen LogP contribution in [0.2, 0.25) is 0 Å². The molecule has 0 bridgehead atoms. The van der Waals surface area contributed by atoms with Crippen LogP contribution in [0, 0.1) is 6.92 Å². The molecular formula is C22H27N3O2. The van der Waals surface area contributed by atoms with Crippen LogP contribution in [0.4, 0.5) is 16.2 Å². The van der Waals surface area contributed by atoms with E-state index >= 15 is 0 Å². The first-order valence-electron chi connectivity index (χ1n) is 9.42. The fourth-order valence-electron chi connectivity index (χ4n) is 3.28. The second kappa shape index (κ2) is 7.82. The number of amides is 3. The van der Waals surface area contributed by atoms with Crippen LogP contribution >= 0.6 is 0 Å². The van der Waals surface area contributed by atoms with Gasteiger partial charge in [-0.05, 0) is 49.6 Å². The van der Waals surface area contributed by atoms with Crippen molar-refractivity contribution >= 4 is 23.3 Å². The zero-order chi connectivity index (χ0) is 19.6. The molecule has 5 nitrogen and oxygen atoms in total. The van der Waals surface area contributed by atoms with Crippen molar-refractivity contribution in [1.29, 1.82) is 0 Å². The number of piperazine rings is 1. The van der Waals surface area contributed by atoms with Crippen LogP contribution in [0.15, 0.2) is 48.5 Å². The van der Waals surface area contributed by atoms with Gasteiger partial charge in [0.2, 0.25) is 5.91 Å². The van der Waals surface area contributed by atoms with E-state index in [0.717, 1.165) is 16.9 Å². The van der Waals surface area contributed by atoms with Crippen molar-refractivity contribution in [2.75, 3.05) is 23.3 Å². The smallest absolute Gasteiger partial charge is 0.311 e. The van der Waals surface area contributed by atoms with Crippen LogP contribution in [0.25, 0.3) is 0 Å². The van der Waals surface area contributed by atoms with Crippen molar-refractivity contribution in [1.82, 2.24) is 4.90 Å². The summed E-state index contributed by atoms with van der Waals surface area (Å²) in [6, 6.07) is 15.0. The van der Waals surface area contributed by atoms with Crippen LogP contribution in [0.1, 0.15) is 37.8 Å². The normalized spacial score (nSPS) is 17.4. The molecule has 0 aromatic heterocycles. The number of urea groups is 1. The molecule has 5 heteroatoms. The van der Waals surface area contributed by atoms with Gasteiger partial charge in [-0.3, -0.25) is 4.79 Å². The minimum absolute atomic E-state index is 0.0578. The Morgan fingerprint density at radius 3 is 2.26 bits per heavy atom. The van der Waals surface area contributed by atoms with E-state index in [1.165, 1.54) is 5.56 Å². The van der Waals surface area contributed by atoms with Gasteiger partial charge in [-0.2, -0.15) is 0 Å². The lowest BCUT2D eigenvalue weighted by molar-refractivity contribution is -0.123. The molecule has 0 aliphatic carbocycles. The number of hydrogen-bond acceptors (Lipinski definition) is 2. The van der Waals surface area contributed by atoms with Gasteiger partial charge in [0.1, 0.15) is 6.04 Å². The Bertz CT molecular complexity index is 812. The van der Waals surface area contributed by atoms with E-state index in [2.05, 4.69) is 31.3 Å². The van der Waals surface area contributed by atoms with Gasteiger partial charge in [0.15, 0.2) is 0 Å². The summed E-state index contributed by atoms with van der Waals surface area (Å²) in [6.45, 7) is 9.06. The average molecular weight is 365 g/mol. The molecule has 1 saturated heterocycles. The Morgan fingerprint density at radius 2 is 1.67 bits per heavy atom. The summed E-state index contributed by atoms with van der Waals surface area (Å²) < 4.78 is 0. The monoisotopic (exact) mass is 365 g/mol. The van der Waals surface area contributed by atoms with E-state index in [1.54, 1.807) is 16.7 Å². The zero-order valence-corrected chi connectivity index (χ0v) is 16.4. The summed E-state index contributed by atoms with van der Waals surface area (Å²) in [7, 11) is 0. The summed E-state index contributed by atoms with van der Waals surface area (Å²) in [4.78, 5) is 28.8. The molecule has 0 spiro atoms. The summed E-state index contributed by atoms with van der Waals surface area (Å²) in [5.74, 6) is 0.397. The highest BCUT2D eigenvalue weighted by molar-refractivity contribution is 6.01. The molecule has 2 aromatic rings. The number of benzene rings is 2. The van der Waals surface area contributed by atoms with Gasteiger partial charge in [-0.1, -0.05) is 43.7 Å². The van der Waals surface area contributed by atoms with Gasteiger partial charge >= 0.3 is 6.03 Å². The summed E-state index contributed by atoms with van der Waals surface area (Å²) >= 11 is 0. The molecule has 1 aliphatic heterocycles. The van der Waals surface area contributed by atoms with Crippen LogP contribution in [0.3, 0.4) is 0 Å². The molecule has 1 fully saturated rings. The molecule has 142 valence electrons. The molecule has 27 heavy (non-hydrogen) atoms. The Hall–Kier alpha value is -2.82. The first kappa shape index (κ1) is 19.0. The van der Waals surface area contributed by atoms with Crippen LogP contribution in [-0.2, 0) is 4.79 Å². The van der Waals surface area contributed by atoms with E-state index in [4.69, 9.17) is 0 Å². The number of carbonyl (C=O) groups excluding carboxylic acids is 2. The first-order valence-corrected chi connectivity index (χ1v) is 9.42. The maximum absolute atomic E-state index is 12.9. The molecule has 3 rings (SSSR count). The van der Waals surface area contributed by atoms with E-state index in [0.29, 0.717) is 19.0 Å². The maximum Gasteiger partial charge on any atom is 0.322 e. The van der Waals surface area contributed by atoms with E-state index in [1.807, 2.05) is 43.3 Å². The van der Waals surface area contributed by atoms with Crippen molar-refractivity contribution in [2.24, 2.45) is 0 Å². The highest BCUT2D eigenvalue weighted by Crippen LogP contribution is 2.24. The molecule has 1 aliphatic rings. The van der Waals surface area contributed by atoms with Crippen molar-refractivity contribution in [3.05, 3.63) is 59.7 Å². The van der Waals surface area contributed by atoms with Crippen molar-refractivity contribution < 1.29 is 9.59 Å². The fraction of sp³-hybridized carbons (Fsp3) is 0.364. The Morgan fingerprint density at radius 1 is 1.04 bits per heavy atom. The standard InChI is InChI=1S/C22H27N3O2/c1-15(2)18-7-11-20(12-8-18)25-14-13-24(17(4)21(25)26)22(27)23-19-9-5-16(3)6-10-19/h5-12,15,17H,13-14H2,1-4H3,(H,23,27)/t17-/m0/s1. The number of hydrogen-bond donors (Lipinski definition) is 1. The van der Waals surface area contributed by atoms with Gasteiger partial charge in [-0.15, -0.1) is 0 Å². The van der Waals surface area contributed by atoms with Crippen LogP contribution in [0.5, 0.6) is 0 Å². The molecule has 0 unspecified atom stereocenters. The molecule has 0 saturated carbocycles. The molecule has 1 N–H and O–H groups in total. The van der Waals surface area contributed by atoms with E-state index in [-0.39, 0.29) is 11.9 Å². The lowest BCUT2D eigenvalue weighted by atomic mass is 10.0. The van der Waals surface area contributed by atoms with Crippen molar-refractivity contribution in [2.45, 2.75) is 39.7 Å². The van der Waals surface area contributed by atoms with Gasteiger partial charge in [-0.25, -0.2) is 4.79 Å². The Kier molecular flexibility index (Phi) is 5.49. The third-order valence-electron chi connectivity index (χ3n) is 5.09. The quantitative estimate of drug-likeness (QED) is 0.877. The summed E-state index contributed by atoms with van der Waals surface area (Å²) in [5.41, 5.74) is 4.00. The minimum atomic E-state index is -0.506. The second-order valence-electron chi connectivity index (χ2n) is 7.40. The lowest BCUT2D eigenvalue weighted by Gasteiger charge is -2.39. The Balaban J connectivity index is 1.68. The largest absolute Gasteiger partial charge is 0.322 e. The second-order valence-corrected chi connectivity index (χ2v) is 7.40. The predicted molar refractivity (Wildman–Crippen MR) is 109 cm³/mol. The zero-order valence-electron chi connectivity index (χ0n) is 16.4. The van der Waals surface area contributed by atoms with Gasteiger partial charge in [0.25, 0.3) is 0 Å². The number of anilines is 2. The van der Waals surface area contributed by atoms with Gasteiger partial charge < -0.3 is 15.1 Å². The topological polar surface area (TPSA) is 52.7 Å². The van der Waals surface area contributed by atoms with E-state index < -0.39 is 6.04 Å². The number of carbonyl (C=O) groups is 2. The Labute approximate surface area is 161 Å². The third-order valence-corrected chi connectivity index (χ3v) is 5.09. The summed E-state index contributed by atoms with van der Waals surface area (Å²) in [6.07, 6.45) is 0. The molecule has 0 radical (unpaired) electrons. The van der Waals surface area contributed by atoms with Crippen molar-refractivity contribution in [3.8, 4) is 0 Å². The van der Waals surface area contributed by atoms with Crippen LogP contribution in [-0.4, -0.2) is 36.0 Å². The number of aryl methyl sites for hydroxylation is 1.